The first-order valence-electron chi connectivity index (χ1n) is 9.45. The summed E-state index contributed by atoms with van der Waals surface area (Å²) in [5.41, 5.74) is 1.81. The molecule has 2 aromatic carbocycles. The number of carbonyl (C=O) groups is 1. The Bertz CT molecular complexity index is 854. The maximum Gasteiger partial charge on any atom is 0.247 e. The van der Waals surface area contributed by atoms with Gasteiger partial charge < -0.3 is 24.6 Å². The van der Waals surface area contributed by atoms with Crippen LogP contribution >= 0.6 is 11.8 Å². The van der Waals surface area contributed by atoms with Gasteiger partial charge in [0.25, 0.3) is 0 Å². The average Bonchev–Trinajstić information content (AvgIpc) is 2.74. The lowest BCUT2D eigenvalue weighted by molar-refractivity contribution is -0.111. The minimum absolute atomic E-state index is 0.237. The molecule has 1 heterocycles. The predicted molar refractivity (Wildman–Crippen MR) is 119 cm³/mol. The third-order valence-electron chi connectivity index (χ3n) is 4.82. The second-order valence-corrected chi connectivity index (χ2v) is 7.88. The number of hydrogen-bond acceptors (Lipinski definition) is 6. The molecule has 0 aliphatic carbocycles. The van der Waals surface area contributed by atoms with Crippen molar-refractivity contribution in [2.75, 3.05) is 57.7 Å². The number of hydrogen-bond donors (Lipinski definition) is 1. The largest absolute Gasteiger partial charge is 0.495 e. The molecule has 1 saturated heterocycles. The zero-order valence-electron chi connectivity index (χ0n) is 17.1. The molecule has 0 spiro atoms. The predicted octanol–water partition coefficient (Wildman–Crippen LogP) is 3.73. The molecule has 0 unspecified atom stereocenters. The van der Waals surface area contributed by atoms with Crippen LogP contribution in [0.1, 0.15) is 0 Å². The molecule has 1 amide bonds. The van der Waals surface area contributed by atoms with Gasteiger partial charge in [-0.1, -0.05) is 24.4 Å². The highest BCUT2D eigenvalue weighted by Gasteiger charge is 2.20. The van der Waals surface area contributed by atoms with Crippen molar-refractivity contribution in [3.63, 3.8) is 0 Å². The lowest BCUT2D eigenvalue weighted by atomic mass is 10.2. The first-order valence-corrected chi connectivity index (χ1v) is 10.3. The maximum atomic E-state index is 11.6. The molecule has 29 heavy (non-hydrogen) atoms. The van der Waals surface area contributed by atoms with Crippen molar-refractivity contribution >= 4 is 29.0 Å². The molecule has 0 radical (unpaired) electrons. The molecule has 2 aromatic rings. The number of likely N-dealkylation sites (N-methyl/N-ethyl adjacent to an activating group) is 1. The summed E-state index contributed by atoms with van der Waals surface area (Å²) >= 11 is 1.54. The molecule has 0 saturated carbocycles. The second-order valence-electron chi connectivity index (χ2n) is 6.79. The zero-order chi connectivity index (χ0) is 20.8. The number of nitrogens with zero attached hydrogens (tertiary/aromatic N) is 2. The lowest BCUT2D eigenvalue weighted by Gasteiger charge is -2.34. The maximum absolute atomic E-state index is 11.6. The molecular weight excluding hydrogens is 386 g/mol. The van der Waals surface area contributed by atoms with Crippen LogP contribution in [0.15, 0.2) is 58.8 Å². The molecule has 1 aliphatic heterocycles. The van der Waals surface area contributed by atoms with Gasteiger partial charge in [0.05, 0.1) is 19.1 Å². The van der Waals surface area contributed by atoms with Crippen LogP contribution in [0.2, 0.25) is 0 Å². The molecule has 154 valence electrons. The van der Waals surface area contributed by atoms with Crippen molar-refractivity contribution < 1.29 is 14.3 Å². The first-order chi connectivity index (χ1) is 14.0. The summed E-state index contributed by atoms with van der Waals surface area (Å²) in [6.07, 6.45) is 1.25. The van der Waals surface area contributed by atoms with E-state index in [1.165, 1.54) is 6.08 Å². The first kappa shape index (κ1) is 21.1. The average molecular weight is 414 g/mol. The molecule has 7 heteroatoms. The van der Waals surface area contributed by atoms with Gasteiger partial charge in [-0.3, -0.25) is 4.79 Å². The number of benzene rings is 2. The fourth-order valence-electron chi connectivity index (χ4n) is 3.16. The Labute approximate surface area is 176 Å². The van der Waals surface area contributed by atoms with Crippen molar-refractivity contribution in [1.82, 2.24) is 4.90 Å². The van der Waals surface area contributed by atoms with E-state index < -0.39 is 0 Å². The number of amides is 1. The monoisotopic (exact) mass is 413 g/mol. The van der Waals surface area contributed by atoms with Gasteiger partial charge >= 0.3 is 0 Å². The zero-order valence-corrected chi connectivity index (χ0v) is 17.9. The minimum atomic E-state index is -0.237. The number of nitrogens with one attached hydrogen (secondary N) is 1. The summed E-state index contributed by atoms with van der Waals surface area (Å²) in [4.78, 5) is 18.1. The van der Waals surface area contributed by atoms with Gasteiger partial charge in [0, 0.05) is 54.6 Å². The van der Waals surface area contributed by atoms with Gasteiger partial charge in [-0.2, -0.15) is 0 Å². The van der Waals surface area contributed by atoms with E-state index in [9.17, 15) is 4.79 Å². The Morgan fingerprint density at radius 2 is 1.76 bits per heavy atom. The van der Waals surface area contributed by atoms with Crippen LogP contribution in [-0.2, 0) is 4.79 Å². The summed E-state index contributed by atoms with van der Waals surface area (Å²) < 4.78 is 11.4. The van der Waals surface area contributed by atoms with E-state index in [1.54, 1.807) is 26.0 Å². The standard InChI is InChI=1S/C22H27N3O3S/c1-5-21(26)23-16-7-6-8-18(13-16)29-22-19(27-3)14-17(15-20(22)28-4)25-11-9-24(2)10-12-25/h5-8,13-15H,1,9-12H2,2-4H3,(H,23,26). The number of anilines is 2. The van der Waals surface area contributed by atoms with E-state index in [1.807, 2.05) is 24.3 Å². The number of piperazine rings is 1. The van der Waals surface area contributed by atoms with Crippen molar-refractivity contribution in [2.24, 2.45) is 0 Å². The minimum Gasteiger partial charge on any atom is -0.495 e. The fraction of sp³-hybridized carbons (Fsp3) is 0.318. The van der Waals surface area contributed by atoms with E-state index in [-0.39, 0.29) is 5.91 Å². The summed E-state index contributed by atoms with van der Waals surface area (Å²) in [7, 11) is 5.49. The lowest BCUT2D eigenvalue weighted by Crippen LogP contribution is -2.44. The highest BCUT2D eigenvalue weighted by molar-refractivity contribution is 7.99. The van der Waals surface area contributed by atoms with Crippen LogP contribution < -0.4 is 19.7 Å². The molecule has 0 aromatic heterocycles. The summed E-state index contributed by atoms with van der Waals surface area (Å²) in [5, 5.41) is 2.79. The van der Waals surface area contributed by atoms with Gasteiger partial charge in [-0.05, 0) is 31.3 Å². The molecule has 6 nitrogen and oxygen atoms in total. The van der Waals surface area contributed by atoms with Crippen LogP contribution in [0.3, 0.4) is 0 Å². The Morgan fingerprint density at radius 1 is 1.10 bits per heavy atom. The molecule has 0 atom stereocenters. The van der Waals surface area contributed by atoms with E-state index in [0.717, 1.165) is 53.2 Å². The molecule has 1 N–H and O–H groups in total. The SMILES string of the molecule is C=CC(=O)Nc1cccc(Sc2c(OC)cc(N3CCN(C)CC3)cc2OC)c1. The van der Waals surface area contributed by atoms with Crippen LogP contribution in [-0.4, -0.2) is 58.3 Å². The van der Waals surface area contributed by atoms with Crippen LogP contribution in [0.4, 0.5) is 11.4 Å². The van der Waals surface area contributed by atoms with Gasteiger partial charge in [0.1, 0.15) is 11.5 Å². The highest BCUT2D eigenvalue weighted by Crippen LogP contribution is 2.45. The quantitative estimate of drug-likeness (QED) is 0.698. The molecule has 0 bridgehead atoms. The Hall–Kier alpha value is -2.64. The van der Waals surface area contributed by atoms with Crippen molar-refractivity contribution in [3.8, 4) is 11.5 Å². The second kappa shape index (κ2) is 9.71. The summed E-state index contributed by atoms with van der Waals surface area (Å²) in [5.74, 6) is 1.30. The Kier molecular flexibility index (Phi) is 7.06. The third-order valence-corrected chi connectivity index (χ3v) is 5.92. The molecular formula is C22H27N3O3S. The van der Waals surface area contributed by atoms with Crippen LogP contribution in [0.25, 0.3) is 0 Å². The van der Waals surface area contributed by atoms with Crippen LogP contribution in [0, 0.1) is 0 Å². The number of rotatable bonds is 7. The van der Waals surface area contributed by atoms with Gasteiger partial charge in [-0.25, -0.2) is 0 Å². The fourth-order valence-corrected chi connectivity index (χ4v) is 4.22. The van der Waals surface area contributed by atoms with Gasteiger partial charge in [0.15, 0.2) is 0 Å². The topological polar surface area (TPSA) is 54.0 Å². The van der Waals surface area contributed by atoms with E-state index in [4.69, 9.17) is 9.47 Å². The summed E-state index contributed by atoms with van der Waals surface area (Å²) in [6.45, 7) is 7.50. The van der Waals surface area contributed by atoms with Gasteiger partial charge in [-0.15, -0.1) is 0 Å². The van der Waals surface area contributed by atoms with E-state index in [2.05, 4.69) is 40.9 Å². The van der Waals surface area contributed by atoms with Crippen molar-refractivity contribution in [2.45, 2.75) is 9.79 Å². The molecule has 1 fully saturated rings. The van der Waals surface area contributed by atoms with E-state index >= 15 is 0 Å². The number of ether oxygens (including phenoxy) is 2. The van der Waals surface area contributed by atoms with Crippen LogP contribution in [0.5, 0.6) is 11.5 Å². The number of methoxy groups -OCH3 is 2. The van der Waals surface area contributed by atoms with Crippen molar-refractivity contribution in [3.05, 3.63) is 49.1 Å². The summed E-state index contributed by atoms with van der Waals surface area (Å²) in [6, 6.07) is 11.8. The number of carbonyl (C=O) groups excluding carboxylic acids is 1. The highest BCUT2D eigenvalue weighted by atomic mass is 32.2. The Morgan fingerprint density at radius 3 is 2.34 bits per heavy atom. The molecule has 3 rings (SSSR count). The third kappa shape index (κ3) is 5.25. The van der Waals surface area contributed by atoms with E-state index in [0.29, 0.717) is 5.69 Å². The Balaban J connectivity index is 1.88. The smallest absolute Gasteiger partial charge is 0.247 e. The molecule has 1 aliphatic rings. The van der Waals surface area contributed by atoms with Crippen molar-refractivity contribution in [1.29, 1.82) is 0 Å². The van der Waals surface area contributed by atoms with Gasteiger partial charge in [0.2, 0.25) is 5.91 Å². The normalized spacial score (nSPS) is 14.4.